The van der Waals surface area contributed by atoms with E-state index in [0.717, 1.165) is 11.8 Å². The SMILES string of the molecule is O=C(O)c1oc2ccccc2c1COC1CCOC1. The zero-order valence-electron chi connectivity index (χ0n) is 10.3. The van der Waals surface area contributed by atoms with E-state index in [-0.39, 0.29) is 18.5 Å². The highest BCUT2D eigenvalue weighted by atomic mass is 16.5. The van der Waals surface area contributed by atoms with Crippen LogP contribution in [0, 0.1) is 0 Å². The number of aromatic carboxylic acids is 1. The van der Waals surface area contributed by atoms with Crippen LogP contribution in [0.15, 0.2) is 28.7 Å². The van der Waals surface area contributed by atoms with Gasteiger partial charge in [0.1, 0.15) is 5.58 Å². The lowest BCUT2D eigenvalue weighted by molar-refractivity contribution is 0.0307. The quantitative estimate of drug-likeness (QED) is 0.916. The number of carboxylic acids is 1. The first-order valence-corrected chi connectivity index (χ1v) is 6.19. The van der Waals surface area contributed by atoms with Crippen LogP contribution in [-0.2, 0) is 16.1 Å². The summed E-state index contributed by atoms with van der Waals surface area (Å²) in [5.41, 5.74) is 1.16. The van der Waals surface area contributed by atoms with Gasteiger partial charge in [-0.1, -0.05) is 18.2 Å². The molecule has 100 valence electrons. The Kier molecular flexibility index (Phi) is 3.23. The Morgan fingerprint density at radius 3 is 3.00 bits per heavy atom. The summed E-state index contributed by atoms with van der Waals surface area (Å²) in [6.07, 6.45) is 0.883. The van der Waals surface area contributed by atoms with Gasteiger partial charge in [-0.15, -0.1) is 0 Å². The summed E-state index contributed by atoms with van der Waals surface area (Å²) in [5.74, 6) is -1.11. The molecule has 1 atom stereocenters. The van der Waals surface area contributed by atoms with Crippen LogP contribution in [0.25, 0.3) is 11.0 Å². The number of ether oxygens (including phenoxy) is 2. The Balaban J connectivity index is 1.90. The highest BCUT2D eigenvalue weighted by molar-refractivity contribution is 5.94. The molecule has 0 radical (unpaired) electrons. The van der Waals surface area contributed by atoms with Crippen LogP contribution in [0.3, 0.4) is 0 Å². The largest absolute Gasteiger partial charge is 0.475 e. The molecule has 0 saturated carbocycles. The second-order valence-electron chi connectivity index (χ2n) is 4.51. The van der Waals surface area contributed by atoms with Crippen molar-refractivity contribution in [3.05, 3.63) is 35.6 Å². The molecule has 2 heterocycles. The van der Waals surface area contributed by atoms with E-state index in [2.05, 4.69) is 0 Å². The van der Waals surface area contributed by atoms with Crippen molar-refractivity contribution < 1.29 is 23.8 Å². The number of hydrogen-bond acceptors (Lipinski definition) is 4. The van der Waals surface area contributed by atoms with Gasteiger partial charge in [0, 0.05) is 17.6 Å². The molecule has 5 nitrogen and oxygen atoms in total. The molecule has 1 fully saturated rings. The lowest BCUT2D eigenvalue weighted by Gasteiger charge is -2.09. The molecule has 5 heteroatoms. The summed E-state index contributed by atoms with van der Waals surface area (Å²) >= 11 is 0. The molecule has 1 aliphatic rings. The van der Waals surface area contributed by atoms with Crippen molar-refractivity contribution in [2.45, 2.75) is 19.1 Å². The molecule has 0 amide bonds. The monoisotopic (exact) mass is 262 g/mol. The van der Waals surface area contributed by atoms with Crippen LogP contribution in [0.1, 0.15) is 22.5 Å². The van der Waals surface area contributed by atoms with Gasteiger partial charge in [0.25, 0.3) is 0 Å². The van der Waals surface area contributed by atoms with Crippen molar-refractivity contribution in [2.24, 2.45) is 0 Å². The van der Waals surface area contributed by atoms with Crippen LogP contribution in [-0.4, -0.2) is 30.4 Å². The summed E-state index contributed by atoms with van der Waals surface area (Å²) in [7, 11) is 0. The fraction of sp³-hybridized carbons (Fsp3) is 0.357. The van der Waals surface area contributed by atoms with Crippen LogP contribution in [0.4, 0.5) is 0 Å². The Morgan fingerprint density at radius 2 is 2.26 bits per heavy atom. The highest BCUT2D eigenvalue weighted by Crippen LogP contribution is 2.27. The Morgan fingerprint density at radius 1 is 1.42 bits per heavy atom. The molecule has 19 heavy (non-hydrogen) atoms. The van der Waals surface area contributed by atoms with Crippen LogP contribution < -0.4 is 0 Å². The maximum Gasteiger partial charge on any atom is 0.372 e. The number of carbonyl (C=O) groups is 1. The second kappa shape index (κ2) is 5.03. The van der Waals surface area contributed by atoms with Gasteiger partial charge in [-0.05, 0) is 12.5 Å². The van der Waals surface area contributed by atoms with Crippen molar-refractivity contribution in [1.82, 2.24) is 0 Å². The number of rotatable bonds is 4. The zero-order chi connectivity index (χ0) is 13.2. The van der Waals surface area contributed by atoms with Gasteiger partial charge in [0.2, 0.25) is 5.76 Å². The molecule has 0 aliphatic carbocycles. The third-order valence-corrected chi connectivity index (χ3v) is 3.24. The molecule has 1 N–H and O–H groups in total. The first-order chi connectivity index (χ1) is 9.25. The van der Waals surface area contributed by atoms with E-state index in [0.29, 0.717) is 24.4 Å². The molecule has 3 rings (SSSR count). The summed E-state index contributed by atoms with van der Waals surface area (Å²) in [5, 5.41) is 9.98. The topological polar surface area (TPSA) is 68.9 Å². The van der Waals surface area contributed by atoms with Gasteiger partial charge in [-0.3, -0.25) is 0 Å². The predicted octanol–water partition coefficient (Wildman–Crippen LogP) is 2.44. The van der Waals surface area contributed by atoms with Crippen LogP contribution >= 0.6 is 0 Å². The maximum absolute atomic E-state index is 11.2. The average Bonchev–Trinajstić information content (AvgIpc) is 3.03. The number of fused-ring (bicyclic) bond motifs is 1. The number of hydrogen-bond donors (Lipinski definition) is 1. The summed E-state index contributed by atoms with van der Waals surface area (Å²) in [6, 6.07) is 7.26. The maximum atomic E-state index is 11.2. The minimum absolute atomic E-state index is 0.0373. The third kappa shape index (κ3) is 2.34. The first kappa shape index (κ1) is 12.2. The molecule has 1 aliphatic heterocycles. The summed E-state index contributed by atoms with van der Waals surface area (Å²) in [6.45, 7) is 1.49. The number of benzene rings is 1. The van der Waals surface area contributed by atoms with E-state index in [4.69, 9.17) is 13.9 Å². The minimum Gasteiger partial charge on any atom is -0.475 e. The van der Waals surface area contributed by atoms with Crippen molar-refractivity contribution >= 4 is 16.9 Å². The molecule has 2 aromatic rings. The minimum atomic E-state index is -1.07. The van der Waals surface area contributed by atoms with Crippen LogP contribution in [0.2, 0.25) is 0 Å². The fourth-order valence-corrected chi connectivity index (χ4v) is 2.26. The van der Waals surface area contributed by atoms with Crippen molar-refractivity contribution in [3.8, 4) is 0 Å². The van der Waals surface area contributed by atoms with Gasteiger partial charge >= 0.3 is 5.97 Å². The molecule has 0 bridgehead atoms. The number of furan rings is 1. The lowest BCUT2D eigenvalue weighted by Crippen LogP contribution is -2.13. The number of carboxylic acid groups (broad SMARTS) is 1. The average molecular weight is 262 g/mol. The van der Waals surface area contributed by atoms with E-state index < -0.39 is 5.97 Å². The van der Waals surface area contributed by atoms with Gasteiger partial charge in [0.15, 0.2) is 0 Å². The predicted molar refractivity (Wildman–Crippen MR) is 67.2 cm³/mol. The lowest BCUT2D eigenvalue weighted by atomic mass is 10.1. The highest BCUT2D eigenvalue weighted by Gasteiger charge is 2.22. The molecular weight excluding hydrogens is 248 g/mol. The Bertz CT molecular complexity index is 595. The molecule has 1 aromatic carbocycles. The van der Waals surface area contributed by atoms with Gasteiger partial charge < -0.3 is 19.0 Å². The van der Waals surface area contributed by atoms with Crippen molar-refractivity contribution in [2.75, 3.05) is 13.2 Å². The van der Waals surface area contributed by atoms with Gasteiger partial charge in [-0.25, -0.2) is 4.79 Å². The van der Waals surface area contributed by atoms with E-state index in [9.17, 15) is 9.90 Å². The summed E-state index contributed by atoms with van der Waals surface area (Å²) < 4.78 is 16.3. The molecule has 1 unspecified atom stereocenters. The number of para-hydroxylation sites is 1. The Hall–Kier alpha value is -1.85. The molecule has 0 spiro atoms. The summed E-state index contributed by atoms with van der Waals surface area (Å²) in [4.78, 5) is 11.2. The first-order valence-electron chi connectivity index (χ1n) is 6.19. The van der Waals surface area contributed by atoms with Crippen LogP contribution in [0.5, 0.6) is 0 Å². The van der Waals surface area contributed by atoms with Gasteiger partial charge in [0.05, 0.1) is 19.3 Å². The molecule has 1 saturated heterocycles. The molecular formula is C14H14O5. The molecule has 1 aromatic heterocycles. The Labute approximate surface area is 109 Å². The fourth-order valence-electron chi connectivity index (χ4n) is 2.26. The van der Waals surface area contributed by atoms with E-state index in [1.165, 1.54) is 0 Å². The van der Waals surface area contributed by atoms with E-state index in [1.54, 1.807) is 6.07 Å². The normalized spacial score (nSPS) is 19.1. The van der Waals surface area contributed by atoms with Gasteiger partial charge in [-0.2, -0.15) is 0 Å². The van der Waals surface area contributed by atoms with E-state index >= 15 is 0 Å². The zero-order valence-corrected chi connectivity index (χ0v) is 10.3. The van der Waals surface area contributed by atoms with E-state index in [1.807, 2.05) is 18.2 Å². The second-order valence-corrected chi connectivity index (χ2v) is 4.51. The smallest absolute Gasteiger partial charge is 0.372 e. The van der Waals surface area contributed by atoms with Crippen molar-refractivity contribution in [1.29, 1.82) is 0 Å². The standard InChI is InChI=1S/C14H14O5/c15-14(16)13-11(8-18-9-5-6-17-7-9)10-3-1-2-4-12(10)19-13/h1-4,9H,5-8H2,(H,15,16). The third-order valence-electron chi connectivity index (χ3n) is 3.24. The van der Waals surface area contributed by atoms with Crippen molar-refractivity contribution in [3.63, 3.8) is 0 Å².